The van der Waals surface area contributed by atoms with Crippen LogP contribution in [0, 0.1) is 6.92 Å². The number of rotatable bonds is 5. The molecular weight excluding hydrogens is 402 g/mol. The van der Waals surface area contributed by atoms with Crippen molar-refractivity contribution in [2.75, 3.05) is 6.54 Å². The number of thioether (sulfide) groups is 1. The number of aryl methyl sites for hydroxylation is 1. The number of amides is 1. The summed E-state index contributed by atoms with van der Waals surface area (Å²) >= 11 is 6.42. The van der Waals surface area contributed by atoms with Crippen molar-refractivity contribution in [3.8, 4) is 5.75 Å². The maximum Gasteiger partial charge on any atom is 0.339 e. The molecule has 0 aromatic heterocycles. The summed E-state index contributed by atoms with van der Waals surface area (Å²) in [6.07, 6.45) is 1.68. The minimum absolute atomic E-state index is 0.0855. The number of hydrogen-bond donors (Lipinski definition) is 0. The second kappa shape index (κ2) is 7.84. The first kappa shape index (κ1) is 19.6. The van der Waals surface area contributed by atoms with Crippen LogP contribution in [0.5, 0.6) is 5.75 Å². The standard InChI is InChI=1S/C19H17NO4S3/c1-3-20-18(21)17(26-19(20)25)12-14-5-4-6-15(11-14)24-27(22,23)16-9-7-13(2)8-10-16/h4-12H,3H2,1-2H3. The first-order valence-electron chi connectivity index (χ1n) is 8.17. The highest BCUT2D eigenvalue weighted by atomic mass is 32.2. The second-order valence-electron chi connectivity index (χ2n) is 5.85. The lowest BCUT2D eigenvalue weighted by Gasteiger charge is -2.09. The molecule has 0 saturated carbocycles. The lowest BCUT2D eigenvalue weighted by molar-refractivity contribution is -0.121. The van der Waals surface area contributed by atoms with Crippen LogP contribution < -0.4 is 4.18 Å². The van der Waals surface area contributed by atoms with E-state index in [1.165, 1.54) is 28.8 Å². The molecule has 5 nitrogen and oxygen atoms in total. The van der Waals surface area contributed by atoms with E-state index in [0.717, 1.165) is 5.56 Å². The summed E-state index contributed by atoms with van der Waals surface area (Å²) < 4.78 is 30.6. The lowest BCUT2D eigenvalue weighted by atomic mass is 10.2. The summed E-state index contributed by atoms with van der Waals surface area (Å²) in [5.74, 6) is 0.0291. The van der Waals surface area contributed by atoms with Crippen molar-refractivity contribution in [3.05, 3.63) is 64.6 Å². The van der Waals surface area contributed by atoms with Gasteiger partial charge in [-0.15, -0.1) is 0 Å². The Morgan fingerprint density at radius 1 is 1.19 bits per heavy atom. The van der Waals surface area contributed by atoms with Crippen LogP contribution in [0.1, 0.15) is 18.1 Å². The molecule has 1 aliphatic rings. The van der Waals surface area contributed by atoms with Gasteiger partial charge in [0.15, 0.2) is 0 Å². The Morgan fingerprint density at radius 3 is 2.52 bits per heavy atom. The lowest BCUT2D eigenvalue weighted by Crippen LogP contribution is -2.27. The van der Waals surface area contributed by atoms with Crippen LogP contribution in [0.4, 0.5) is 0 Å². The third kappa shape index (κ3) is 4.40. The van der Waals surface area contributed by atoms with E-state index >= 15 is 0 Å². The van der Waals surface area contributed by atoms with Crippen LogP contribution in [0.25, 0.3) is 6.08 Å². The predicted molar refractivity (Wildman–Crippen MR) is 111 cm³/mol. The monoisotopic (exact) mass is 419 g/mol. The zero-order valence-electron chi connectivity index (χ0n) is 14.7. The average molecular weight is 420 g/mol. The Morgan fingerprint density at radius 2 is 1.89 bits per heavy atom. The molecule has 140 valence electrons. The molecule has 2 aromatic carbocycles. The Kier molecular flexibility index (Phi) is 5.69. The van der Waals surface area contributed by atoms with Crippen LogP contribution in [0.3, 0.4) is 0 Å². The van der Waals surface area contributed by atoms with Crippen LogP contribution >= 0.6 is 24.0 Å². The van der Waals surface area contributed by atoms with Gasteiger partial charge in [-0.1, -0.05) is 53.8 Å². The van der Waals surface area contributed by atoms with Gasteiger partial charge in [0, 0.05) is 6.54 Å². The van der Waals surface area contributed by atoms with E-state index in [4.69, 9.17) is 16.4 Å². The second-order valence-corrected chi connectivity index (χ2v) is 9.07. The van der Waals surface area contributed by atoms with Gasteiger partial charge in [0.25, 0.3) is 5.91 Å². The van der Waals surface area contributed by atoms with Gasteiger partial charge < -0.3 is 4.18 Å². The maximum absolute atomic E-state index is 12.4. The van der Waals surface area contributed by atoms with Gasteiger partial charge in [-0.05, 0) is 49.8 Å². The van der Waals surface area contributed by atoms with Crippen molar-refractivity contribution < 1.29 is 17.4 Å². The summed E-state index contributed by atoms with van der Waals surface area (Å²) in [6.45, 7) is 4.25. The third-order valence-electron chi connectivity index (χ3n) is 3.86. The molecular formula is C19H17NO4S3. The smallest absolute Gasteiger partial charge is 0.339 e. The molecule has 0 N–H and O–H groups in total. The van der Waals surface area contributed by atoms with Crippen molar-refractivity contribution in [2.45, 2.75) is 18.7 Å². The summed E-state index contributed by atoms with van der Waals surface area (Å²) in [7, 11) is -3.93. The highest BCUT2D eigenvalue weighted by Gasteiger charge is 2.30. The van der Waals surface area contributed by atoms with E-state index < -0.39 is 10.1 Å². The molecule has 0 spiro atoms. The van der Waals surface area contributed by atoms with Gasteiger partial charge in [-0.25, -0.2) is 0 Å². The molecule has 3 rings (SSSR count). The normalized spacial score (nSPS) is 16.2. The van der Waals surface area contributed by atoms with E-state index in [1.807, 2.05) is 13.8 Å². The van der Waals surface area contributed by atoms with Crippen molar-refractivity contribution in [3.63, 3.8) is 0 Å². The van der Waals surface area contributed by atoms with Gasteiger partial charge in [-0.2, -0.15) is 8.42 Å². The molecule has 1 aliphatic heterocycles. The Balaban J connectivity index is 1.84. The topological polar surface area (TPSA) is 63.7 Å². The number of nitrogens with zero attached hydrogens (tertiary/aromatic N) is 1. The number of hydrogen-bond acceptors (Lipinski definition) is 6. The van der Waals surface area contributed by atoms with Gasteiger partial charge >= 0.3 is 10.1 Å². The molecule has 1 amide bonds. The van der Waals surface area contributed by atoms with E-state index in [-0.39, 0.29) is 16.6 Å². The van der Waals surface area contributed by atoms with Gasteiger partial charge in [-0.3, -0.25) is 9.69 Å². The van der Waals surface area contributed by atoms with E-state index in [2.05, 4.69) is 0 Å². The van der Waals surface area contributed by atoms with Gasteiger partial charge in [0.2, 0.25) is 0 Å². The summed E-state index contributed by atoms with van der Waals surface area (Å²) in [6, 6.07) is 13.0. The molecule has 0 radical (unpaired) electrons. The fraction of sp³-hybridized carbons (Fsp3) is 0.158. The van der Waals surface area contributed by atoms with Crippen LogP contribution in [-0.2, 0) is 14.9 Å². The zero-order chi connectivity index (χ0) is 19.6. The third-order valence-corrected chi connectivity index (χ3v) is 6.50. The molecule has 1 heterocycles. The Hall–Kier alpha value is -2.16. The van der Waals surface area contributed by atoms with E-state index in [9.17, 15) is 13.2 Å². The van der Waals surface area contributed by atoms with Crippen molar-refractivity contribution >= 4 is 50.4 Å². The van der Waals surface area contributed by atoms with E-state index in [0.29, 0.717) is 21.3 Å². The molecule has 1 fully saturated rings. The minimum Gasteiger partial charge on any atom is -0.379 e. The highest BCUT2D eigenvalue weighted by molar-refractivity contribution is 8.26. The molecule has 8 heteroatoms. The number of benzene rings is 2. The fourth-order valence-electron chi connectivity index (χ4n) is 2.46. The van der Waals surface area contributed by atoms with Gasteiger partial charge in [0.05, 0.1) is 4.91 Å². The fourth-order valence-corrected chi connectivity index (χ4v) is 4.77. The number of thiocarbonyl (C=S) groups is 1. The SMILES string of the molecule is CCN1C(=O)C(=Cc2cccc(OS(=O)(=O)c3ccc(C)cc3)c2)SC1=S. The van der Waals surface area contributed by atoms with Crippen LogP contribution in [0.15, 0.2) is 58.3 Å². The molecule has 0 unspecified atom stereocenters. The number of carbonyl (C=O) groups is 1. The molecule has 0 atom stereocenters. The van der Waals surface area contributed by atoms with Crippen molar-refractivity contribution in [1.29, 1.82) is 0 Å². The average Bonchev–Trinajstić information content (AvgIpc) is 2.88. The molecule has 2 aromatic rings. The maximum atomic E-state index is 12.4. The highest BCUT2D eigenvalue weighted by Crippen LogP contribution is 2.32. The summed E-state index contributed by atoms with van der Waals surface area (Å²) in [5.41, 5.74) is 1.61. The Labute approximate surface area is 168 Å². The summed E-state index contributed by atoms with van der Waals surface area (Å²) in [4.78, 5) is 14.4. The Bertz CT molecular complexity index is 1030. The molecule has 27 heavy (non-hydrogen) atoms. The van der Waals surface area contributed by atoms with E-state index in [1.54, 1.807) is 42.5 Å². The first-order chi connectivity index (χ1) is 12.8. The number of likely N-dealkylation sites (N-methyl/N-ethyl adjacent to an activating group) is 1. The first-order valence-corrected chi connectivity index (χ1v) is 10.8. The van der Waals surface area contributed by atoms with Crippen LogP contribution in [-0.4, -0.2) is 30.1 Å². The largest absolute Gasteiger partial charge is 0.379 e. The van der Waals surface area contributed by atoms with Crippen molar-refractivity contribution in [2.24, 2.45) is 0 Å². The van der Waals surface area contributed by atoms with Crippen LogP contribution in [0.2, 0.25) is 0 Å². The van der Waals surface area contributed by atoms with Crippen molar-refractivity contribution in [1.82, 2.24) is 4.90 Å². The number of carbonyl (C=O) groups excluding carboxylic acids is 1. The predicted octanol–water partition coefficient (Wildman–Crippen LogP) is 3.98. The summed E-state index contributed by atoms with van der Waals surface area (Å²) in [5, 5.41) is 0. The molecule has 1 saturated heterocycles. The van der Waals surface area contributed by atoms with Gasteiger partial charge in [0.1, 0.15) is 15.0 Å². The quantitative estimate of drug-likeness (QED) is 0.415. The molecule has 0 bridgehead atoms. The molecule has 0 aliphatic carbocycles. The zero-order valence-corrected chi connectivity index (χ0v) is 17.2. The minimum atomic E-state index is -3.93.